The lowest BCUT2D eigenvalue weighted by molar-refractivity contribution is 0.495. The largest absolute Gasteiger partial charge is 0.103 e. The third-order valence-electron chi connectivity index (χ3n) is 4.99. The number of hydrogen-bond donors (Lipinski definition) is 0. The van der Waals surface area contributed by atoms with Gasteiger partial charge in [-0.1, -0.05) is 60.1 Å². The first-order valence-electron chi connectivity index (χ1n) is 8.45. The van der Waals surface area contributed by atoms with E-state index in [9.17, 15) is 0 Å². The van der Waals surface area contributed by atoms with Crippen molar-refractivity contribution in [1.82, 2.24) is 0 Å². The lowest BCUT2D eigenvalue weighted by atomic mass is 9.80. The van der Waals surface area contributed by atoms with Crippen molar-refractivity contribution < 1.29 is 0 Å². The number of fused-ring (bicyclic) bond motifs is 1. The first-order valence-corrected chi connectivity index (χ1v) is 8.45. The molecule has 110 valence electrons. The van der Waals surface area contributed by atoms with Gasteiger partial charge in [0.25, 0.3) is 0 Å². The molecule has 0 aliphatic heterocycles. The van der Waals surface area contributed by atoms with Crippen LogP contribution in [-0.4, -0.2) is 0 Å². The van der Waals surface area contributed by atoms with Crippen molar-refractivity contribution in [3.05, 3.63) is 71.3 Å². The lowest BCUT2D eigenvalue weighted by Gasteiger charge is -2.25. The maximum atomic E-state index is 3.88. The Morgan fingerprint density at radius 2 is 1.90 bits per heavy atom. The number of aryl methyl sites for hydroxylation is 1. The summed E-state index contributed by atoms with van der Waals surface area (Å²) in [6.07, 6.45) is 14.9. The Bertz CT molecular complexity index is 545. The Kier molecular flexibility index (Phi) is 4.75. The summed E-state index contributed by atoms with van der Waals surface area (Å²) >= 11 is 0. The minimum Gasteiger partial charge on any atom is -0.103 e. The molecule has 1 unspecified atom stereocenters. The van der Waals surface area contributed by atoms with E-state index < -0.39 is 0 Å². The molecule has 0 amide bonds. The van der Waals surface area contributed by atoms with Crippen LogP contribution in [0, 0.1) is 5.92 Å². The summed E-state index contributed by atoms with van der Waals surface area (Å²) in [6, 6.07) is 10.9. The molecule has 2 aliphatic rings. The van der Waals surface area contributed by atoms with Crippen molar-refractivity contribution in [3.8, 4) is 0 Å². The van der Waals surface area contributed by atoms with Gasteiger partial charge in [-0.25, -0.2) is 0 Å². The van der Waals surface area contributed by atoms with Gasteiger partial charge in [0.05, 0.1) is 0 Å². The predicted molar refractivity (Wildman–Crippen MR) is 91.3 cm³/mol. The van der Waals surface area contributed by atoms with E-state index in [2.05, 4.69) is 49.1 Å². The Labute approximate surface area is 129 Å². The molecule has 1 fully saturated rings. The Balaban J connectivity index is 1.69. The van der Waals surface area contributed by atoms with Crippen molar-refractivity contribution in [2.24, 2.45) is 5.92 Å². The third-order valence-corrected chi connectivity index (χ3v) is 4.99. The molecule has 1 aromatic carbocycles. The van der Waals surface area contributed by atoms with Crippen LogP contribution in [-0.2, 0) is 6.42 Å². The van der Waals surface area contributed by atoms with Crippen LogP contribution in [0.25, 0.3) is 0 Å². The van der Waals surface area contributed by atoms with E-state index in [1.54, 1.807) is 16.7 Å². The van der Waals surface area contributed by atoms with E-state index in [1.807, 2.05) is 0 Å². The number of rotatable bonds is 6. The van der Waals surface area contributed by atoms with E-state index >= 15 is 0 Å². The maximum absolute atomic E-state index is 3.88. The van der Waals surface area contributed by atoms with Gasteiger partial charge in [0, 0.05) is 5.92 Å². The molecule has 0 heteroatoms. The highest BCUT2D eigenvalue weighted by molar-refractivity contribution is 5.43. The molecule has 3 rings (SSSR count). The van der Waals surface area contributed by atoms with Crippen LogP contribution in [0.2, 0.25) is 0 Å². The zero-order valence-electron chi connectivity index (χ0n) is 13.0. The highest BCUT2D eigenvalue weighted by Gasteiger charge is 2.28. The summed E-state index contributed by atoms with van der Waals surface area (Å²) in [5, 5.41) is 0. The molecule has 0 bridgehead atoms. The van der Waals surface area contributed by atoms with Gasteiger partial charge in [0.15, 0.2) is 0 Å². The van der Waals surface area contributed by atoms with Crippen molar-refractivity contribution in [2.45, 2.75) is 51.4 Å². The summed E-state index contributed by atoms with van der Waals surface area (Å²) < 4.78 is 0. The van der Waals surface area contributed by atoms with Crippen molar-refractivity contribution in [2.75, 3.05) is 0 Å². The molecule has 21 heavy (non-hydrogen) atoms. The second-order valence-corrected chi connectivity index (χ2v) is 6.38. The summed E-state index contributed by atoms with van der Waals surface area (Å²) in [5.41, 5.74) is 6.58. The molecule has 0 N–H and O–H groups in total. The fraction of sp³-hybridized carbons (Fsp3) is 0.429. The average molecular weight is 278 g/mol. The van der Waals surface area contributed by atoms with Crippen LogP contribution in [0.3, 0.4) is 0 Å². The normalized spacial score (nSPS) is 21.1. The molecule has 0 spiro atoms. The highest BCUT2D eigenvalue weighted by atomic mass is 14.3. The van der Waals surface area contributed by atoms with E-state index in [-0.39, 0.29) is 0 Å². The minimum absolute atomic E-state index is 0.780. The van der Waals surface area contributed by atoms with Gasteiger partial charge in [-0.15, -0.1) is 6.58 Å². The molecule has 0 aromatic heterocycles. The van der Waals surface area contributed by atoms with Crippen molar-refractivity contribution in [1.29, 1.82) is 0 Å². The number of allylic oxidation sites excluding steroid dienone is 5. The molecule has 0 heterocycles. The number of hydrogen-bond acceptors (Lipinski definition) is 0. The van der Waals surface area contributed by atoms with Crippen molar-refractivity contribution in [3.63, 3.8) is 0 Å². The van der Waals surface area contributed by atoms with E-state index in [4.69, 9.17) is 0 Å². The first-order chi connectivity index (χ1) is 10.4. The minimum atomic E-state index is 0.780. The van der Waals surface area contributed by atoms with Gasteiger partial charge < -0.3 is 0 Å². The standard InChI is InChI=1S/C21H26/c1-2-3-11-18-16-19(21-13-8-7-12-20(18)21)15-14-17-9-5-4-6-10-17/h2,4-6,9-10,16,21H,1,3,7-8,11-15H2. The zero-order chi connectivity index (χ0) is 14.5. The highest BCUT2D eigenvalue weighted by Crippen LogP contribution is 2.44. The third kappa shape index (κ3) is 3.37. The lowest BCUT2D eigenvalue weighted by Crippen LogP contribution is -2.10. The SMILES string of the molecule is C=CCCC1=C2CCCCC2C(CCc2ccccc2)=C1. The van der Waals surface area contributed by atoms with Crippen LogP contribution in [0.1, 0.15) is 50.5 Å². The summed E-state index contributed by atoms with van der Waals surface area (Å²) in [4.78, 5) is 0. The van der Waals surface area contributed by atoms with Gasteiger partial charge in [-0.3, -0.25) is 0 Å². The van der Waals surface area contributed by atoms with Crippen LogP contribution >= 0.6 is 0 Å². The molecule has 0 radical (unpaired) electrons. The molecule has 1 atom stereocenters. The first kappa shape index (κ1) is 14.4. The van der Waals surface area contributed by atoms with Crippen LogP contribution in [0.4, 0.5) is 0 Å². The van der Waals surface area contributed by atoms with Gasteiger partial charge >= 0.3 is 0 Å². The maximum Gasteiger partial charge on any atom is 0.00161 e. The molecular formula is C21H26. The second-order valence-electron chi connectivity index (χ2n) is 6.38. The second kappa shape index (κ2) is 6.93. The number of benzene rings is 1. The molecule has 1 aromatic rings. The topological polar surface area (TPSA) is 0 Å². The monoisotopic (exact) mass is 278 g/mol. The quantitative estimate of drug-likeness (QED) is 0.559. The predicted octanol–water partition coefficient (Wildman–Crippen LogP) is 6.01. The van der Waals surface area contributed by atoms with E-state index in [0.29, 0.717) is 0 Å². The summed E-state index contributed by atoms with van der Waals surface area (Å²) in [5.74, 6) is 0.780. The van der Waals surface area contributed by atoms with Gasteiger partial charge in [-0.2, -0.15) is 0 Å². The van der Waals surface area contributed by atoms with Crippen LogP contribution < -0.4 is 0 Å². The van der Waals surface area contributed by atoms with Crippen LogP contribution in [0.15, 0.2) is 65.8 Å². The summed E-state index contributed by atoms with van der Waals surface area (Å²) in [7, 11) is 0. The molecule has 0 nitrogen and oxygen atoms in total. The smallest absolute Gasteiger partial charge is 0.00161 e. The van der Waals surface area contributed by atoms with E-state index in [1.165, 1.54) is 50.5 Å². The van der Waals surface area contributed by atoms with Gasteiger partial charge in [-0.05, 0) is 56.1 Å². The Morgan fingerprint density at radius 3 is 2.71 bits per heavy atom. The molecule has 2 aliphatic carbocycles. The molecular weight excluding hydrogens is 252 g/mol. The fourth-order valence-corrected chi connectivity index (χ4v) is 3.89. The summed E-state index contributed by atoms with van der Waals surface area (Å²) in [6.45, 7) is 3.88. The van der Waals surface area contributed by atoms with E-state index in [0.717, 1.165) is 12.3 Å². The molecule has 1 saturated carbocycles. The fourth-order valence-electron chi connectivity index (χ4n) is 3.89. The average Bonchev–Trinajstić information content (AvgIpc) is 2.90. The van der Waals surface area contributed by atoms with Crippen LogP contribution in [0.5, 0.6) is 0 Å². The van der Waals surface area contributed by atoms with Gasteiger partial charge in [0.1, 0.15) is 0 Å². The Morgan fingerprint density at radius 1 is 1.05 bits per heavy atom. The molecule has 0 saturated heterocycles. The van der Waals surface area contributed by atoms with Crippen molar-refractivity contribution >= 4 is 0 Å². The Hall–Kier alpha value is -1.56. The zero-order valence-corrected chi connectivity index (χ0v) is 13.0. The van der Waals surface area contributed by atoms with Gasteiger partial charge in [0.2, 0.25) is 0 Å².